The minimum Gasteiger partial charge on any atom is -0.271 e. The van der Waals surface area contributed by atoms with Crippen LogP contribution in [0.2, 0.25) is 29.6 Å². The standard InChI is InChI=1S/C46H70Br2N2O4S2.C28H40S2.CH4.6CH3.2Sn/c1-5-9-13-17-21-25-29-33(30-26-22-18-14-10-6-2)49-43(51)35-37(45(49)53)41(47)55-39(35)40-36-38(42(48)56-40)46(54)50(44(36)52)34(31-27-23-19-15-11-7-3)32-28-24-20-16-12-8-4;1-5-9-11-21(7-3)13-15-23-25-17-19-30-28(25)24(26-18-20-29-27(23)26)16-14-22(8-4)12-10-6-2;;;;;;;;;/h33-34H,5-32H2,1-4H3;17-18,21-22H,5-16H2,1-4H3;1H4;6*1H3;;. The smallest absolute Gasteiger partial charge is 0.263 e. The molecule has 5 aromatic rings. The molecule has 2 aliphatic rings. The first-order valence-electron chi connectivity index (χ1n) is 38.6. The second-order valence-corrected chi connectivity index (χ2v) is 68.1. The molecule has 7 rings (SSSR count). The maximum absolute atomic E-state index is 14.6. The summed E-state index contributed by atoms with van der Waals surface area (Å²) in [4.78, 5) is 77.8. The van der Waals surface area contributed by atoms with Gasteiger partial charge in [-0.3, -0.25) is 29.0 Å². The van der Waals surface area contributed by atoms with Crippen molar-refractivity contribution in [2.45, 2.75) is 361 Å². The topological polar surface area (TPSA) is 74.8 Å². The molecular formula is C81H132Br2N2O4S4Sn2. The summed E-state index contributed by atoms with van der Waals surface area (Å²) in [6.07, 6.45) is 47.4. The number of unbranched alkanes of at least 4 members (excludes halogenated alkanes) is 22. The van der Waals surface area contributed by atoms with Crippen molar-refractivity contribution in [2.75, 3.05) is 0 Å². The molecule has 6 nitrogen and oxygen atoms in total. The van der Waals surface area contributed by atoms with Gasteiger partial charge in [-0.05, 0) is 57.5 Å². The van der Waals surface area contributed by atoms with Crippen LogP contribution in [0.1, 0.15) is 359 Å². The van der Waals surface area contributed by atoms with Crippen LogP contribution in [0.3, 0.4) is 0 Å². The third kappa shape index (κ3) is 23.7. The van der Waals surface area contributed by atoms with Gasteiger partial charge in [0.25, 0.3) is 23.6 Å². The molecule has 0 fully saturated rings. The maximum atomic E-state index is 14.6. The van der Waals surface area contributed by atoms with E-state index in [9.17, 15) is 19.2 Å². The second kappa shape index (κ2) is 43.5. The van der Waals surface area contributed by atoms with Gasteiger partial charge >= 0.3 is 255 Å². The molecule has 0 N–H and O–H groups in total. The van der Waals surface area contributed by atoms with E-state index in [1.165, 1.54) is 202 Å². The minimum atomic E-state index is -2.17. The van der Waals surface area contributed by atoms with Crippen LogP contribution in [0.4, 0.5) is 0 Å². The molecule has 0 bridgehead atoms. The Bertz CT molecular complexity index is 2850. The van der Waals surface area contributed by atoms with Crippen molar-refractivity contribution < 1.29 is 19.2 Å². The first-order chi connectivity index (χ1) is 45.2. The first-order valence-corrected chi connectivity index (χ1v) is 63.4. The van der Waals surface area contributed by atoms with Gasteiger partial charge in [-0.25, -0.2) is 0 Å². The van der Waals surface area contributed by atoms with Crippen molar-refractivity contribution in [3.63, 3.8) is 0 Å². The number of halogens is 2. The number of hydrogen-bond donors (Lipinski definition) is 0. The monoisotopic (exact) mass is 1720 g/mol. The molecule has 0 aliphatic carbocycles. The van der Waals surface area contributed by atoms with E-state index in [4.69, 9.17) is 0 Å². The summed E-state index contributed by atoms with van der Waals surface area (Å²) in [5.41, 5.74) is 5.10. The molecule has 0 radical (unpaired) electrons. The van der Waals surface area contributed by atoms with Gasteiger partial charge in [0.05, 0.1) is 39.6 Å². The molecular weight excluding hydrogens is 1590 g/mol. The normalized spacial score (nSPS) is 14.2. The molecule has 2 unspecified atom stereocenters. The van der Waals surface area contributed by atoms with Gasteiger partial charge in [-0.2, -0.15) is 0 Å². The molecule has 2 atom stereocenters. The largest absolute Gasteiger partial charge is 0.271 e. The van der Waals surface area contributed by atoms with E-state index in [-0.39, 0.29) is 43.1 Å². The Hall–Kier alpha value is -0.623. The minimum absolute atomic E-state index is 0. The van der Waals surface area contributed by atoms with E-state index in [0.717, 1.165) is 88.9 Å². The molecule has 6 heterocycles. The Kier molecular flexibility index (Phi) is 38.9. The second-order valence-electron chi connectivity index (χ2n) is 30.5. The van der Waals surface area contributed by atoms with Crippen LogP contribution in [0, 0.1) is 11.8 Å². The van der Waals surface area contributed by atoms with Crippen molar-refractivity contribution in [3.8, 4) is 9.75 Å². The van der Waals surface area contributed by atoms with Gasteiger partial charge in [0.1, 0.15) is 0 Å². The van der Waals surface area contributed by atoms with Crippen molar-refractivity contribution in [1.82, 2.24) is 9.80 Å². The molecule has 4 aromatic heterocycles. The van der Waals surface area contributed by atoms with E-state index in [1.807, 2.05) is 0 Å². The summed E-state index contributed by atoms with van der Waals surface area (Å²) in [6, 6.07) is 5.15. The average molecular weight is 1720 g/mol. The number of hydrogen-bond acceptors (Lipinski definition) is 8. The van der Waals surface area contributed by atoms with E-state index in [2.05, 4.69) is 152 Å². The Balaban J connectivity index is 0.000000365. The van der Waals surface area contributed by atoms with E-state index >= 15 is 0 Å². The number of carbonyl (C=O) groups is 4. The van der Waals surface area contributed by atoms with Gasteiger partial charge in [-0.15, -0.1) is 22.7 Å². The van der Waals surface area contributed by atoms with E-state index in [0.29, 0.717) is 39.6 Å². The van der Waals surface area contributed by atoms with Gasteiger partial charge < -0.3 is 0 Å². The number of thiophene rings is 4. The Morgan fingerprint density at radius 1 is 0.358 bits per heavy atom. The zero-order valence-corrected chi connectivity index (χ0v) is 73.8. The summed E-state index contributed by atoms with van der Waals surface area (Å²) in [5, 5.41) is 3.34. The van der Waals surface area contributed by atoms with Crippen molar-refractivity contribution in [2.24, 2.45) is 11.8 Å². The average Bonchev–Trinajstić information content (AvgIpc) is 1.57. The number of imide groups is 2. The molecule has 0 saturated carbocycles. The van der Waals surface area contributed by atoms with Crippen LogP contribution in [0.15, 0.2) is 19.7 Å². The van der Waals surface area contributed by atoms with E-state index < -0.39 is 36.8 Å². The van der Waals surface area contributed by atoms with Crippen molar-refractivity contribution >= 4 is 164 Å². The SMILES string of the molecule is C.CCCCC(CC)CCc1c2c[c]([Sn]([CH3])([CH3])[CH3])sc2c(CCC(CC)CCCC)c2c[c]([Sn]([CH3])([CH3])[CH3])sc12.CCCCCCCCC(CCCCCCCC)N1C(=O)c2c(Br)sc(-c3sc(Br)c4c3C(=O)N(C(CCCCCCCC)CCCCCCCC)C4=O)c2C1=O. The van der Waals surface area contributed by atoms with E-state index in [1.54, 1.807) is 46.9 Å². The Morgan fingerprint density at radius 2 is 0.632 bits per heavy atom. The van der Waals surface area contributed by atoms with Gasteiger partial charge in [0, 0.05) is 12.1 Å². The number of rotatable bonds is 47. The summed E-state index contributed by atoms with van der Waals surface area (Å²) in [7, 11) is 0. The summed E-state index contributed by atoms with van der Waals surface area (Å²) in [5.74, 6) is 0.806. The predicted octanol–water partition coefficient (Wildman–Crippen LogP) is 28.1. The fourth-order valence-electron chi connectivity index (χ4n) is 14.6. The summed E-state index contributed by atoms with van der Waals surface area (Å²) < 4.78 is 8.18. The van der Waals surface area contributed by atoms with Gasteiger partial charge in [-0.1, -0.05) is 189 Å². The molecule has 14 heteroatoms. The predicted molar refractivity (Wildman–Crippen MR) is 437 cm³/mol. The number of nitrogens with zero attached hydrogens (tertiary/aromatic N) is 2. The fraction of sp³-hybridized carbons (Fsp3) is 0.728. The number of benzene rings is 1. The van der Waals surface area contributed by atoms with Crippen LogP contribution in [0.5, 0.6) is 0 Å². The third-order valence-corrected chi connectivity index (χ3v) is 45.9. The number of aryl methyl sites for hydroxylation is 2. The summed E-state index contributed by atoms with van der Waals surface area (Å²) in [6.45, 7) is 18.4. The van der Waals surface area contributed by atoms with Crippen LogP contribution in [-0.4, -0.2) is 82.3 Å². The van der Waals surface area contributed by atoms with Crippen LogP contribution >= 0.6 is 77.2 Å². The fourth-order valence-corrected chi connectivity index (χ4v) is 31.5. The molecule has 4 amide bonds. The zero-order valence-electron chi connectivity index (χ0n) is 61.7. The molecule has 0 saturated heterocycles. The first kappa shape index (κ1) is 85.0. The third-order valence-electron chi connectivity index (χ3n) is 20.8. The molecule has 536 valence electrons. The molecule has 95 heavy (non-hydrogen) atoms. The van der Waals surface area contributed by atoms with Gasteiger partial charge in [0.15, 0.2) is 0 Å². The molecule has 0 spiro atoms. The van der Waals surface area contributed by atoms with Crippen molar-refractivity contribution in [3.05, 3.63) is 53.1 Å². The number of amides is 4. The Labute approximate surface area is 622 Å². The summed E-state index contributed by atoms with van der Waals surface area (Å²) >= 11 is 10.2. The number of fused-ring (bicyclic) bond motifs is 4. The van der Waals surface area contributed by atoms with Crippen LogP contribution in [0.25, 0.3) is 29.9 Å². The van der Waals surface area contributed by atoms with Crippen molar-refractivity contribution in [1.29, 1.82) is 0 Å². The maximum Gasteiger partial charge on any atom is 0.263 e. The number of carbonyl (C=O) groups excluding carboxylic acids is 4. The quantitative estimate of drug-likeness (QED) is 0.0221. The zero-order chi connectivity index (χ0) is 68.5. The Morgan fingerprint density at radius 3 is 0.905 bits per heavy atom. The van der Waals surface area contributed by atoms with Crippen LogP contribution in [-0.2, 0) is 12.8 Å². The van der Waals surface area contributed by atoms with Gasteiger partial charge in [0.2, 0.25) is 0 Å². The molecule has 2 aliphatic heterocycles. The molecule has 1 aromatic carbocycles. The van der Waals surface area contributed by atoms with Crippen LogP contribution < -0.4 is 5.79 Å².